The van der Waals surface area contributed by atoms with Crippen molar-refractivity contribution in [2.75, 3.05) is 25.0 Å². The van der Waals surface area contributed by atoms with Crippen LogP contribution in [0.15, 0.2) is 60.0 Å². The van der Waals surface area contributed by atoms with E-state index in [0.29, 0.717) is 30.6 Å². The monoisotopic (exact) mass is 574 g/mol. The Morgan fingerprint density at radius 3 is 2.76 bits per heavy atom. The molecule has 216 valence electrons. The zero-order chi connectivity index (χ0) is 29.6. The van der Waals surface area contributed by atoms with Crippen molar-refractivity contribution in [2.24, 2.45) is 16.3 Å². The molecule has 4 rings (SSSR count). The van der Waals surface area contributed by atoms with Crippen LogP contribution in [0.25, 0.3) is 27.0 Å². The minimum absolute atomic E-state index is 0.0396. The van der Waals surface area contributed by atoms with Crippen LogP contribution in [0.5, 0.6) is 0 Å². The molecule has 2 unspecified atom stereocenters. The van der Waals surface area contributed by atoms with Gasteiger partial charge < -0.3 is 15.3 Å². The number of carboxylic acids is 1. The van der Waals surface area contributed by atoms with Gasteiger partial charge in [-0.15, -0.1) is 0 Å². The number of nitrogens with zero attached hydrogens (tertiary/aromatic N) is 4. The Kier molecular flexibility index (Phi) is 9.54. The summed E-state index contributed by atoms with van der Waals surface area (Å²) in [6.45, 7) is 13.5. The molecular formula is C31H38N6O3S. The molecule has 0 spiro atoms. The van der Waals surface area contributed by atoms with Gasteiger partial charge in [0.2, 0.25) is 0 Å². The summed E-state index contributed by atoms with van der Waals surface area (Å²) in [5, 5.41) is 16.0. The molecule has 3 heterocycles. The number of pyridine rings is 1. The lowest BCUT2D eigenvalue weighted by atomic mass is 9.78. The smallest absolute Gasteiger partial charge is 0.321 e. The second kappa shape index (κ2) is 13.1. The highest BCUT2D eigenvalue weighted by atomic mass is 32.1. The Morgan fingerprint density at radius 1 is 1.29 bits per heavy atom. The van der Waals surface area contributed by atoms with Crippen LogP contribution >= 0.6 is 11.3 Å². The fourth-order valence-corrected chi connectivity index (χ4v) is 6.18. The minimum Gasteiger partial charge on any atom is -0.481 e. The van der Waals surface area contributed by atoms with Gasteiger partial charge in [0.05, 0.1) is 21.3 Å². The number of nitrogens with one attached hydrogen (secondary N) is 2. The summed E-state index contributed by atoms with van der Waals surface area (Å²) >= 11 is 1.40. The molecule has 9 nitrogen and oxygen atoms in total. The van der Waals surface area contributed by atoms with Crippen molar-refractivity contribution in [1.29, 1.82) is 0 Å². The molecule has 2 atom stereocenters. The maximum Gasteiger partial charge on any atom is 0.321 e. The van der Waals surface area contributed by atoms with Gasteiger partial charge in [-0.3, -0.25) is 15.1 Å². The van der Waals surface area contributed by atoms with Gasteiger partial charge in [0.15, 0.2) is 5.13 Å². The number of likely N-dealkylation sites (tertiary alicyclic amines) is 1. The van der Waals surface area contributed by atoms with Crippen molar-refractivity contribution < 1.29 is 14.7 Å². The van der Waals surface area contributed by atoms with Gasteiger partial charge in [-0.1, -0.05) is 50.3 Å². The third-order valence-electron chi connectivity index (χ3n) is 7.45. The van der Waals surface area contributed by atoms with Crippen LogP contribution in [-0.2, 0) is 4.79 Å². The van der Waals surface area contributed by atoms with E-state index in [4.69, 9.17) is 9.98 Å². The second-order valence-corrected chi connectivity index (χ2v) is 11.4. The zero-order valence-corrected chi connectivity index (χ0v) is 24.9. The van der Waals surface area contributed by atoms with E-state index in [1.165, 1.54) is 11.3 Å². The number of fused-ring (bicyclic) bond motifs is 1. The van der Waals surface area contributed by atoms with Gasteiger partial charge >= 0.3 is 12.0 Å². The first-order valence-corrected chi connectivity index (χ1v) is 14.8. The number of hydrogen-bond donors (Lipinski definition) is 3. The molecule has 1 aliphatic heterocycles. The lowest BCUT2D eigenvalue weighted by molar-refractivity contribution is -0.149. The molecule has 0 aliphatic carbocycles. The summed E-state index contributed by atoms with van der Waals surface area (Å²) in [6.07, 6.45) is 8.19. The number of aromatic nitrogens is 2. The topological polar surface area (TPSA) is 120 Å². The summed E-state index contributed by atoms with van der Waals surface area (Å²) in [7, 11) is 0. The number of carbonyl (C=O) groups excluding carboxylic acids is 1. The van der Waals surface area contributed by atoms with Crippen LogP contribution in [-0.4, -0.2) is 57.8 Å². The first-order valence-electron chi connectivity index (χ1n) is 14.0. The normalized spacial score (nSPS) is 19.2. The third-order valence-corrected chi connectivity index (χ3v) is 8.47. The molecule has 0 radical (unpaired) electrons. The fraction of sp³-hybridized carbons (Fsp3) is 0.387. The van der Waals surface area contributed by atoms with Gasteiger partial charge in [0, 0.05) is 37.6 Å². The molecule has 10 heteroatoms. The first kappa shape index (κ1) is 29.9. The van der Waals surface area contributed by atoms with E-state index in [2.05, 4.69) is 48.2 Å². The van der Waals surface area contributed by atoms with Crippen molar-refractivity contribution in [1.82, 2.24) is 20.2 Å². The average Bonchev–Trinajstić information content (AvgIpc) is 3.52. The number of urea groups is 1. The van der Waals surface area contributed by atoms with Crippen molar-refractivity contribution in [2.45, 2.75) is 47.0 Å². The standard InChI is InChI=1S/C31H38N6O3S/c1-6-11-21(17-34-20(4)37-18-23(12-7-2)31(5,19-37)28(38)39)22-15-24(25-13-9-10-14-33-25)27-26(16-22)35-30(41-27)36-29(40)32-8-3/h9-11,13-17,23H,4,6-8,12,18-19H2,1-3,5H3,(H,38,39)(H2,32,35,36,40)/b21-11+,34-17-. The highest BCUT2D eigenvalue weighted by molar-refractivity contribution is 7.22. The zero-order valence-electron chi connectivity index (χ0n) is 24.1. The molecule has 1 fully saturated rings. The SMILES string of the molecule is C=C(/N=C\C(=C/CC)c1cc(-c2ccccn2)c2sc(NC(=O)NCC)nc2c1)N1CC(CCC)C(C)(C(=O)O)C1. The lowest BCUT2D eigenvalue weighted by Crippen LogP contribution is -2.35. The average molecular weight is 575 g/mol. The van der Waals surface area contributed by atoms with Crippen molar-refractivity contribution in [3.05, 3.63) is 60.6 Å². The van der Waals surface area contributed by atoms with E-state index >= 15 is 0 Å². The second-order valence-electron chi connectivity index (χ2n) is 10.4. The number of hydrogen-bond acceptors (Lipinski definition) is 7. The maximum atomic E-state index is 12.2. The van der Waals surface area contributed by atoms with Crippen LogP contribution < -0.4 is 10.6 Å². The number of rotatable bonds is 11. The van der Waals surface area contributed by atoms with Gasteiger partial charge in [0.25, 0.3) is 0 Å². The Hall–Kier alpha value is -4.05. The molecule has 0 saturated carbocycles. The van der Waals surface area contributed by atoms with Crippen LogP contribution in [0.2, 0.25) is 0 Å². The largest absolute Gasteiger partial charge is 0.481 e. The molecule has 41 heavy (non-hydrogen) atoms. The number of carbonyl (C=O) groups is 2. The third kappa shape index (κ3) is 6.65. The quantitative estimate of drug-likeness (QED) is 0.220. The molecular weight excluding hydrogens is 536 g/mol. The van der Waals surface area contributed by atoms with E-state index in [9.17, 15) is 14.7 Å². The summed E-state index contributed by atoms with van der Waals surface area (Å²) < 4.78 is 0.920. The predicted octanol–water partition coefficient (Wildman–Crippen LogP) is 6.66. The Balaban J connectivity index is 1.68. The number of anilines is 1. The van der Waals surface area contributed by atoms with Gasteiger partial charge in [-0.25, -0.2) is 14.8 Å². The van der Waals surface area contributed by atoms with E-state index in [1.807, 2.05) is 43.0 Å². The molecule has 1 aromatic carbocycles. The van der Waals surface area contributed by atoms with Crippen LogP contribution in [0.1, 0.15) is 52.5 Å². The number of aliphatic carboxylic acids is 1. The van der Waals surface area contributed by atoms with E-state index < -0.39 is 11.4 Å². The number of amides is 2. The summed E-state index contributed by atoms with van der Waals surface area (Å²) in [4.78, 5) is 40.3. The Morgan fingerprint density at radius 2 is 2.10 bits per heavy atom. The van der Waals surface area contributed by atoms with Gasteiger partial charge in [0.1, 0.15) is 5.82 Å². The summed E-state index contributed by atoms with van der Waals surface area (Å²) in [5.41, 5.74) is 3.43. The molecule has 1 aliphatic rings. The Labute approximate surface area is 245 Å². The van der Waals surface area contributed by atoms with E-state index in [0.717, 1.165) is 51.9 Å². The van der Waals surface area contributed by atoms with Gasteiger partial charge in [-0.05, 0) is 68.0 Å². The van der Waals surface area contributed by atoms with Crippen LogP contribution in [0.3, 0.4) is 0 Å². The van der Waals surface area contributed by atoms with E-state index in [1.54, 1.807) is 12.4 Å². The predicted molar refractivity (Wildman–Crippen MR) is 167 cm³/mol. The number of aliphatic imine (C=N–C) groups is 1. The molecule has 2 amide bonds. The van der Waals surface area contributed by atoms with Crippen molar-refractivity contribution >= 4 is 50.5 Å². The first-order chi connectivity index (χ1) is 19.7. The molecule has 3 aromatic rings. The molecule has 0 bridgehead atoms. The minimum atomic E-state index is -0.830. The molecule has 2 aromatic heterocycles. The highest BCUT2D eigenvalue weighted by Gasteiger charge is 2.48. The number of allylic oxidation sites excluding steroid dienone is 2. The Bertz CT molecular complexity index is 1480. The number of thiazole rings is 1. The van der Waals surface area contributed by atoms with E-state index in [-0.39, 0.29) is 11.9 Å². The van der Waals surface area contributed by atoms with Crippen LogP contribution in [0.4, 0.5) is 9.93 Å². The summed E-state index contributed by atoms with van der Waals surface area (Å²) in [6, 6.07) is 9.53. The lowest BCUT2D eigenvalue weighted by Gasteiger charge is -2.25. The van der Waals surface area contributed by atoms with Crippen molar-refractivity contribution in [3.63, 3.8) is 0 Å². The molecule has 1 saturated heterocycles. The highest BCUT2D eigenvalue weighted by Crippen LogP contribution is 2.41. The number of benzene rings is 1. The van der Waals surface area contributed by atoms with Gasteiger partial charge in [-0.2, -0.15) is 0 Å². The van der Waals surface area contributed by atoms with Crippen molar-refractivity contribution in [3.8, 4) is 11.3 Å². The number of carboxylic acid groups (broad SMARTS) is 1. The van der Waals surface area contributed by atoms with Crippen LogP contribution in [0, 0.1) is 11.3 Å². The fourth-order valence-electron chi connectivity index (χ4n) is 5.21. The maximum absolute atomic E-state index is 12.2. The molecule has 3 N–H and O–H groups in total. The summed E-state index contributed by atoms with van der Waals surface area (Å²) in [5.74, 6) is -0.189.